The van der Waals surface area contributed by atoms with Gasteiger partial charge in [0.1, 0.15) is 5.75 Å². The summed E-state index contributed by atoms with van der Waals surface area (Å²) in [5.74, 6) is 6.83. The van der Waals surface area contributed by atoms with Crippen molar-refractivity contribution in [1.82, 2.24) is 10.3 Å². The van der Waals surface area contributed by atoms with Crippen LogP contribution in [0.1, 0.15) is 51.1 Å². The molecule has 0 aliphatic heterocycles. The Morgan fingerprint density at radius 3 is 2.14 bits per heavy atom. The number of nitrogens with two attached hydrogens (primary N) is 1. The highest BCUT2D eigenvalue weighted by Crippen LogP contribution is 2.43. The van der Waals surface area contributed by atoms with Gasteiger partial charge in [0.2, 0.25) is 0 Å². The molecule has 118 valence electrons. The molecule has 1 aliphatic carbocycles. The molecule has 1 aliphatic rings. The zero-order valence-corrected chi connectivity index (χ0v) is 13.7. The molecule has 1 saturated carbocycles. The molecule has 4 heteroatoms. The first-order valence-corrected chi connectivity index (χ1v) is 7.90. The number of ether oxygens (including phenoxy) is 1. The SMILES string of the molecule is CC(C)Oc1ccc(C(NN)C2(N(C)C)CCCC2)cc1. The highest BCUT2D eigenvalue weighted by molar-refractivity contribution is 5.31. The van der Waals surface area contributed by atoms with Gasteiger partial charge in [-0.3, -0.25) is 11.3 Å². The first kappa shape index (κ1) is 16.3. The Morgan fingerprint density at radius 2 is 1.71 bits per heavy atom. The second-order valence-corrected chi connectivity index (χ2v) is 6.54. The Balaban J connectivity index is 2.24. The number of hydrazine groups is 1. The van der Waals surface area contributed by atoms with Gasteiger partial charge in [0.25, 0.3) is 0 Å². The van der Waals surface area contributed by atoms with Crippen LogP contribution in [-0.2, 0) is 0 Å². The Hall–Kier alpha value is -1.10. The average molecular weight is 291 g/mol. The minimum atomic E-state index is 0.106. The number of benzene rings is 1. The monoisotopic (exact) mass is 291 g/mol. The maximum Gasteiger partial charge on any atom is 0.119 e. The summed E-state index contributed by atoms with van der Waals surface area (Å²) in [5, 5.41) is 0. The quantitative estimate of drug-likeness (QED) is 0.625. The maximum absolute atomic E-state index is 5.92. The van der Waals surface area contributed by atoms with Crippen molar-refractivity contribution in [3.8, 4) is 5.75 Å². The molecule has 1 aromatic carbocycles. The lowest BCUT2D eigenvalue weighted by atomic mass is 9.83. The van der Waals surface area contributed by atoms with Crippen molar-refractivity contribution >= 4 is 0 Å². The van der Waals surface area contributed by atoms with Crippen LogP contribution in [0.4, 0.5) is 0 Å². The van der Waals surface area contributed by atoms with Gasteiger partial charge in [-0.1, -0.05) is 25.0 Å². The van der Waals surface area contributed by atoms with Crippen LogP contribution in [0.2, 0.25) is 0 Å². The fourth-order valence-corrected chi connectivity index (χ4v) is 3.55. The molecule has 0 saturated heterocycles. The van der Waals surface area contributed by atoms with Gasteiger partial charge in [0, 0.05) is 5.54 Å². The first-order valence-electron chi connectivity index (χ1n) is 7.90. The van der Waals surface area contributed by atoms with E-state index in [1.807, 2.05) is 26.0 Å². The molecule has 4 nitrogen and oxygen atoms in total. The van der Waals surface area contributed by atoms with Gasteiger partial charge in [-0.05, 0) is 58.5 Å². The molecule has 0 amide bonds. The van der Waals surface area contributed by atoms with Crippen molar-refractivity contribution in [2.24, 2.45) is 5.84 Å². The number of nitrogens with one attached hydrogen (secondary N) is 1. The summed E-state index contributed by atoms with van der Waals surface area (Å²) < 4.78 is 5.72. The van der Waals surface area contributed by atoms with E-state index < -0.39 is 0 Å². The predicted molar refractivity (Wildman–Crippen MR) is 87.2 cm³/mol. The number of hydrogen-bond donors (Lipinski definition) is 2. The second-order valence-electron chi connectivity index (χ2n) is 6.54. The van der Waals surface area contributed by atoms with Crippen molar-refractivity contribution in [1.29, 1.82) is 0 Å². The molecule has 1 aromatic rings. The molecule has 0 heterocycles. The number of nitrogens with zero attached hydrogens (tertiary/aromatic N) is 1. The van der Waals surface area contributed by atoms with Crippen LogP contribution in [-0.4, -0.2) is 30.6 Å². The third kappa shape index (κ3) is 3.39. The Bertz CT molecular complexity index is 436. The lowest BCUT2D eigenvalue weighted by molar-refractivity contribution is 0.105. The molecule has 0 aromatic heterocycles. The molecule has 3 N–H and O–H groups in total. The molecule has 1 fully saturated rings. The summed E-state index contributed by atoms with van der Waals surface area (Å²) in [7, 11) is 4.32. The molecule has 1 unspecified atom stereocenters. The highest BCUT2D eigenvalue weighted by atomic mass is 16.5. The average Bonchev–Trinajstić information content (AvgIpc) is 2.91. The van der Waals surface area contributed by atoms with Gasteiger partial charge in [-0.15, -0.1) is 0 Å². The van der Waals surface area contributed by atoms with E-state index in [9.17, 15) is 0 Å². The fourth-order valence-electron chi connectivity index (χ4n) is 3.55. The van der Waals surface area contributed by atoms with Crippen molar-refractivity contribution in [2.75, 3.05) is 14.1 Å². The van der Waals surface area contributed by atoms with Crippen molar-refractivity contribution in [3.63, 3.8) is 0 Å². The van der Waals surface area contributed by atoms with E-state index in [1.54, 1.807) is 0 Å². The Kier molecular flexibility index (Phi) is 5.25. The van der Waals surface area contributed by atoms with E-state index >= 15 is 0 Å². The molecule has 0 radical (unpaired) electrons. The van der Waals surface area contributed by atoms with Gasteiger partial charge < -0.3 is 9.64 Å². The van der Waals surface area contributed by atoms with E-state index in [0.717, 1.165) is 5.75 Å². The summed E-state index contributed by atoms with van der Waals surface area (Å²) in [6, 6.07) is 8.48. The van der Waals surface area contributed by atoms with Gasteiger partial charge in [-0.25, -0.2) is 0 Å². The molecule has 0 spiro atoms. The molecule has 0 bridgehead atoms. The summed E-state index contributed by atoms with van der Waals surface area (Å²) in [4.78, 5) is 2.34. The number of rotatable bonds is 6. The van der Waals surface area contributed by atoms with Crippen LogP contribution >= 0.6 is 0 Å². The molecule has 2 rings (SSSR count). The van der Waals surface area contributed by atoms with Crippen LogP contribution in [0.3, 0.4) is 0 Å². The lowest BCUT2D eigenvalue weighted by Gasteiger charge is -2.43. The van der Waals surface area contributed by atoms with E-state index in [1.165, 1.54) is 31.2 Å². The minimum absolute atomic E-state index is 0.106. The minimum Gasteiger partial charge on any atom is -0.491 e. The second kappa shape index (κ2) is 6.77. The largest absolute Gasteiger partial charge is 0.491 e. The van der Waals surface area contributed by atoms with E-state index in [-0.39, 0.29) is 17.7 Å². The van der Waals surface area contributed by atoms with Gasteiger partial charge in [0.15, 0.2) is 0 Å². The topological polar surface area (TPSA) is 50.5 Å². The molecule has 1 atom stereocenters. The zero-order chi connectivity index (χ0) is 15.5. The van der Waals surface area contributed by atoms with Crippen molar-refractivity contribution < 1.29 is 4.74 Å². The van der Waals surface area contributed by atoms with Crippen molar-refractivity contribution in [2.45, 2.75) is 57.2 Å². The smallest absolute Gasteiger partial charge is 0.119 e. The zero-order valence-electron chi connectivity index (χ0n) is 13.7. The normalized spacial score (nSPS) is 19.2. The molecular weight excluding hydrogens is 262 g/mol. The van der Waals surface area contributed by atoms with Gasteiger partial charge in [-0.2, -0.15) is 0 Å². The predicted octanol–water partition coefficient (Wildman–Crippen LogP) is 2.85. The highest BCUT2D eigenvalue weighted by Gasteiger charge is 2.43. The van der Waals surface area contributed by atoms with Gasteiger partial charge >= 0.3 is 0 Å². The first-order chi connectivity index (χ1) is 9.99. The molecular formula is C17H29N3O. The third-order valence-electron chi connectivity index (χ3n) is 4.65. The maximum atomic E-state index is 5.92. The van der Waals surface area contributed by atoms with Crippen LogP contribution in [0.15, 0.2) is 24.3 Å². The van der Waals surface area contributed by atoms with Gasteiger partial charge in [0.05, 0.1) is 12.1 Å². The Morgan fingerprint density at radius 1 is 1.14 bits per heavy atom. The summed E-state index contributed by atoms with van der Waals surface area (Å²) in [5.41, 5.74) is 4.39. The van der Waals surface area contributed by atoms with E-state index in [0.29, 0.717) is 0 Å². The lowest BCUT2D eigenvalue weighted by Crippen LogP contribution is -2.53. The molecule has 21 heavy (non-hydrogen) atoms. The van der Waals surface area contributed by atoms with Crippen molar-refractivity contribution in [3.05, 3.63) is 29.8 Å². The van der Waals surface area contributed by atoms with E-state index in [4.69, 9.17) is 10.6 Å². The number of hydrogen-bond acceptors (Lipinski definition) is 4. The summed E-state index contributed by atoms with van der Waals surface area (Å²) >= 11 is 0. The summed E-state index contributed by atoms with van der Waals surface area (Å²) in [6.45, 7) is 4.08. The van der Waals surface area contributed by atoms with Crippen LogP contribution in [0.5, 0.6) is 5.75 Å². The number of likely N-dealkylation sites (N-methyl/N-ethyl adjacent to an activating group) is 1. The fraction of sp³-hybridized carbons (Fsp3) is 0.647. The van der Waals surface area contributed by atoms with Crippen LogP contribution in [0, 0.1) is 0 Å². The van der Waals surface area contributed by atoms with Crippen LogP contribution < -0.4 is 16.0 Å². The standard InChI is InChI=1S/C17H29N3O/c1-13(2)21-15-9-7-14(8-10-15)16(19-18)17(20(3)4)11-5-6-12-17/h7-10,13,16,19H,5-6,11-12,18H2,1-4H3. The van der Waals surface area contributed by atoms with Crippen LogP contribution in [0.25, 0.3) is 0 Å². The Labute approximate surface area is 128 Å². The third-order valence-corrected chi connectivity index (χ3v) is 4.65. The van der Waals surface area contributed by atoms with E-state index in [2.05, 4.69) is 36.6 Å². The summed E-state index contributed by atoms with van der Waals surface area (Å²) in [6.07, 6.45) is 5.09.